The van der Waals surface area contributed by atoms with Gasteiger partial charge in [0, 0.05) is 11.2 Å². The third kappa shape index (κ3) is 1.52. The predicted molar refractivity (Wildman–Crippen MR) is 47.2 cm³/mol. The Balaban J connectivity index is 3.20. The number of methoxy groups -OCH3 is 1. The lowest BCUT2D eigenvalue weighted by atomic mass is 9.78. The van der Waals surface area contributed by atoms with E-state index in [0.29, 0.717) is 11.4 Å². The summed E-state index contributed by atoms with van der Waals surface area (Å²) in [6.07, 6.45) is 0. The number of benzene rings is 1. The van der Waals surface area contributed by atoms with E-state index in [2.05, 4.69) is 0 Å². The highest BCUT2D eigenvalue weighted by Gasteiger charge is 2.19. The SMILES string of the molecule is COc1cccc(N)c1B(O)O. The first-order chi connectivity index (χ1) is 5.66. The molecular weight excluding hydrogens is 157 g/mol. The second kappa shape index (κ2) is 3.47. The van der Waals surface area contributed by atoms with Crippen molar-refractivity contribution in [1.29, 1.82) is 0 Å². The first-order valence-electron chi connectivity index (χ1n) is 3.45. The monoisotopic (exact) mass is 167 g/mol. The molecule has 0 heterocycles. The summed E-state index contributed by atoms with van der Waals surface area (Å²) in [6, 6.07) is 4.88. The van der Waals surface area contributed by atoms with Gasteiger partial charge in [0.25, 0.3) is 0 Å². The molecule has 0 saturated heterocycles. The molecule has 0 aliphatic carbocycles. The molecule has 0 aliphatic rings. The molecule has 1 rings (SSSR count). The molecule has 0 aliphatic heterocycles. The fraction of sp³-hybridized carbons (Fsp3) is 0.143. The molecule has 0 atom stereocenters. The average molecular weight is 167 g/mol. The van der Waals surface area contributed by atoms with Crippen molar-refractivity contribution in [3.63, 3.8) is 0 Å². The van der Waals surface area contributed by atoms with E-state index in [0.717, 1.165) is 0 Å². The number of nitrogens with two attached hydrogens (primary N) is 1. The van der Waals surface area contributed by atoms with E-state index < -0.39 is 7.12 Å². The summed E-state index contributed by atoms with van der Waals surface area (Å²) in [4.78, 5) is 0. The van der Waals surface area contributed by atoms with E-state index in [1.807, 2.05) is 0 Å². The Bertz CT molecular complexity index is 277. The molecule has 0 radical (unpaired) electrons. The minimum absolute atomic E-state index is 0.208. The maximum atomic E-state index is 8.91. The van der Waals surface area contributed by atoms with Crippen LogP contribution in [0, 0.1) is 0 Å². The van der Waals surface area contributed by atoms with Crippen LogP contribution in [0.4, 0.5) is 5.69 Å². The Morgan fingerprint density at radius 3 is 2.50 bits per heavy atom. The van der Waals surface area contributed by atoms with Crippen LogP contribution in [0.5, 0.6) is 5.75 Å². The Morgan fingerprint density at radius 2 is 2.08 bits per heavy atom. The van der Waals surface area contributed by atoms with Gasteiger partial charge in [0.05, 0.1) is 7.11 Å². The summed E-state index contributed by atoms with van der Waals surface area (Å²) in [6.45, 7) is 0. The van der Waals surface area contributed by atoms with E-state index in [-0.39, 0.29) is 5.46 Å². The lowest BCUT2D eigenvalue weighted by molar-refractivity contribution is 0.403. The molecule has 4 nitrogen and oxygen atoms in total. The average Bonchev–Trinajstić information content (AvgIpc) is 2.03. The molecule has 5 heteroatoms. The van der Waals surface area contributed by atoms with Gasteiger partial charge in [-0.1, -0.05) is 6.07 Å². The summed E-state index contributed by atoms with van der Waals surface area (Å²) in [7, 11) is -0.151. The Morgan fingerprint density at radius 1 is 1.42 bits per heavy atom. The van der Waals surface area contributed by atoms with Gasteiger partial charge in [0.2, 0.25) is 0 Å². The lowest BCUT2D eigenvalue weighted by Crippen LogP contribution is -2.33. The topological polar surface area (TPSA) is 75.7 Å². The zero-order valence-electron chi connectivity index (χ0n) is 6.69. The van der Waals surface area contributed by atoms with E-state index >= 15 is 0 Å². The van der Waals surface area contributed by atoms with Crippen LogP contribution in [0.3, 0.4) is 0 Å². The van der Waals surface area contributed by atoms with Gasteiger partial charge in [-0.05, 0) is 12.1 Å². The summed E-state index contributed by atoms with van der Waals surface area (Å²) in [5, 5.41) is 17.8. The molecule has 0 spiro atoms. The van der Waals surface area contributed by atoms with Crippen molar-refractivity contribution in [3.05, 3.63) is 18.2 Å². The van der Waals surface area contributed by atoms with Crippen molar-refractivity contribution in [2.45, 2.75) is 0 Å². The Kier molecular flexibility index (Phi) is 2.57. The van der Waals surface area contributed by atoms with Gasteiger partial charge in [-0.15, -0.1) is 0 Å². The van der Waals surface area contributed by atoms with Gasteiger partial charge in [-0.3, -0.25) is 0 Å². The number of ether oxygens (including phenoxy) is 1. The van der Waals surface area contributed by atoms with Crippen LogP contribution in [0.15, 0.2) is 18.2 Å². The minimum atomic E-state index is -1.60. The molecule has 1 aromatic carbocycles. The molecule has 0 unspecified atom stereocenters. The Hall–Kier alpha value is -1.20. The van der Waals surface area contributed by atoms with Crippen molar-refractivity contribution in [2.75, 3.05) is 12.8 Å². The minimum Gasteiger partial charge on any atom is -0.497 e. The number of anilines is 1. The van der Waals surface area contributed by atoms with Crippen LogP contribution in [0.1, 0.15) is 0 Å². The highest BCUT2D eigenvalue weighted by atomic mass is 16.5. The highest BCUT2D eigenvalue weighted by Crippen LogP contribution is 2.11. The molecule has 0 saturated carbocycles. The molecule has 64 valence electrons. The summed E-state index contributed by atoms with van der Waals surface area (Å²) in [5.41, 5.74) is 6.02. The van der Waals surface area contributed by atoms with E-state index in [1.54, 1.807) is 18.2 Å². The summed E-state index contributed by atoms with van der Waals surface area (Å²) < 4.78 is 4.89. The Labute approximate surface area is 70.7 Å². The number of hydrogen-bond donors (Lipinski definition) is 3. The zero-order valence-corrected chi connectivity index (χ0v) is 6.69. The molecule has 0 amide bonds. The van der Waals surface area contributed by atoms with Crippen LogP contribution >= 0.6 is 0 Å². The van der Waals surface area contributed by atoms with Crippen LogP contribution in [0.25, 0.3) is 0 Å². The van der Waals surface area contributed by atoms with Gasteiger partial charge in [-0.2, -0.15) is 0 Å². The quantitative estimate of drug-likeness (QED) is 0.388. The van der Waals surface area contributed by atoms with Gasteiger partial charge >= 0.3 is 7.12 Å². The predicted octanol–water partition coefficient (Wildman–Crippen LogP) is -1.04. The normalized spacial score (nSPS) is 9.58. The third-order valence-electron chi connectivity index (χ3n) is 1.58. The fourth-order valence-electron chi connectivity index (χ4n) is 1.02. The van der Waals surface area contributed by atoms with Gasteiger partial charge in [0.15, 0.2) is 0 Å². The standard InChI is InChI=1S/C7H10BNO3/c1-12-6-4-2-3-5(9)7(6)8(10)11/h2-4,10-11H,9H2,1H3. The second-order valence-electron chi connectivity index (χ2n) is 2.34. The molecule has 0 fully saturated rings. The molecule has 0 aromatic heterocycles. The van der Waals surface area contributed by atoms with Crippen molar-refractivity contribution in [1.82, 2.24) is 0 Å². The molecule has 12 heavy (non-hydrogen) atoms. The molecule has 0 bridgehead atoms. The summed E-state index contributed by atoms with van der Waals surface area (Å²) in [5.74, 6) is 0.380. The van der Waals surface area contributed by atoms with Crippen LogP contribution in [-0.2, 0) is 0 Å². The smallest absolute Gasteiger partial charge is 0.494 e. The molecular formula is C7H10BNO3. The molecule has 4 N–H and O–H groups in total. The number of hydrogen-bond acceptors (Lipinski definition) is 4. The van der Waals surface area contributed by atoms with Gasteiger partial charge < -0.3 is 20.5 Å². The van der Waals surface area contributed by atoms with E-state index in [4.69, 9.17) is 20.5 Å². The first-order valence-corrected chi connectivity index (χ1v) is 3.45. The van der Waals surface area contributed by atoms with Crippen LogP contribution in [0.2, 0.25) is 0 Å². The van der Waals surface area contributed by atoms with Crippen LogP contribution < -0.4 is 15.9 Å². The molecule has 1 aromatic rings. The van der Waals surface area contributed by atoms with E-state index in [9.17, 15) is 0 Å². The zero-order chi connectivity index (χ0) is 9.14. The second-order valence-corrected chi connectivity index (χ2v) is 2.34. The third-order valence-corrected chi connectivity index (χ3v) is 1.58. The van der Waals surface area contributed by atoms with Crippen molar-refractivity contribution < 1.29 is 14.8 Å². The maximum absolute atomic E-state index is 8.91. The van der Waals surface area contributed by atoms with Crippen molar-refractivity contribution in [2.24, 2.45) is 0 Å². The first kappa shape index (κ1) is 8.90. The fourth-order valence-corrected chi connectivity index (χ4v) is 1.02. The number of rotatable bonds is 2. The largest absolute Gasteiger partial charge is 0.497 e. The number of nitrogen functional groups attached to an aromatic ring is 1. The van der Waals surface area contributed by atoms with Gasteiger partial charge in [-0.25, -0.2) is 0 Å². The van der Waals surface area contributed by atoms with Crippen molar-refractivity contribution in [3.8, 4) is 5.75 Å². The van der Waals surface area contributed by atoms with Crippen molar-refractivity contribution >= 4 is 18.3 Å². The maximum Gasteiger partial charge on any atom is 0.494 e. The highest BCUT2D eigenvalue weighted by molar-refractivity contribution is 6.61. The van der Waals surface area contributed by atoms with Crippen LogP contribution in [-0.4, -0.2) is 24.3 Å². The van der Waals surface area contributed by atoms with Gasteiger partial charge in [0.1, 0.15) is 5.75 Å². The lowest BCUT2D eigenvalue weighted by Gasteiger charge is -2.09. The summed E-state index contributed by atoms with van der Waals surface area (Å²) >= 11 is 0. The van der Waals surface area contributed by atoms with E-state index in [1.165, 1.54) is 7.11 Å².